The molecule has 2 aromatic heterocycles. The van der Waals surface area contributed by atoms with Gasteiger partial charge in [-0.15, -0.1) is 0 Å². The fourth-order valence-electron chi connectivity index (χ4n) is 3.85. The van der Waals surface area contributed by atoms with Crippen LogP contribution in [0.25, 0.3) is 11.3 Å². The Kier molecular flexibility index (Phi) is 6.54. The highest BCUT2D eigenvalue weighted by molar-refractivity contribution is 7.89. The van der Waals surface area contributed by atoms with Crippen LogP contribution >= 0.6 is 0 Å². The maximum atomic E-state index is 13.1. The number of rotatable bonds is 5. The summed E-state index contributed by atoms with van der Waals surface area (Å²) in [5, 5.41) is 22.5. The van der Waals surface area contributed by atoms with E-state index in [0.717, 1.165) is 6.07 Å². The summed E-state index contributed by atoms with van der Waals surface area (Å²) < 4.78 is 67.1. The molecule has 1 fully saturated rings. The number of alkyl halides is 3. The molecule has 1 aromatic carbocycles. The van der Waals surface area contributed by atoms with Crippen LogP contribution in [-0.4, -0.2) is 57.6 Å². The number of benzene rings is 1. The molecule has 0 bridgehead atoms. The van der Waals surface area contributed by atoms with E-state index in [1.54, 1.807) is 23.7 Å². The number of piperidine rings is 1. The van der Waals surface area contributed by atoms with Crippen LogP contribution in [0.2, 0.25) is 0 Å². The number of aliphatic hydroxyl groups is 1. The normalized spacial score (nSPS) is 19.3. The largest absolute Gasteiger partial charge is 0.417 e. The third-order valence-corrected chi connectivity index (χ3v) is 7.72. The number of β-amino-alcohol motifs (C(OH)–C–C–N with tert-alkyl or cyclic N) is 1. The molecule has 2 atom stereocenters. The highest BCUT2D eigenvalue weighted by Crippen LogP contribution is 2.30. The molecule has 3 heterocycles. The predicted octanol–water partition coefficient (Wildman–Crippen LogP) is 2.61. The highest BCUT2D eigenvalue weighted by atomic mass is 32.2. The number of aromatic nitrogens is 3. The summed E-state index contributed by atoms with van der Waals surface area (Å²) in [7, 11) is -2.21. The number of anilines is 1. The van der Waals surface area contributed by atoms with E-state index in [-0.39, 0.29) is 36.0 Å². The minimum Gasteiger partial charge on any atom is -0.390 e. The number of nitrogens with one attached hydrogen (secondary N) is 1. The van der Waals surface area contributed by atoms with Crippen molar-refractivity contribution in [2.24, 2.45) is 7.05 Å². The SMILES string of the molecule is Cn1c(-c2ccc(S(=O)(=O)N3CC[C@@H](Nc4ccc(C(F)(F)F)cn4)[C@@H](O)C3)cc2)cnc1C#N. The van der Waals surface area contributed by atoms with E-state index in [1.807, 2.05) is 6.07 Å². The average molecular weight is 507 g/mol. The van der Waals surface area contributed by atoms with Crippen molar-refractivity contribution in [2.75, 3.05) is 18.4 Å². The molecule has 1 aliphatic heterocycles. The van der Waals surface area contributed by atoms with Crippen LogP contribution in [0.3, 0.4) is 0 Å². The molecule has 3 aromatic rings. The van der Waals surface area contributed by atoms with Gasteiger partial charge >= 0.3 is 6.18 Å². The van der Waals surface area contributed by atoms with Gasteiger partial charge in [0.2, 0.25) is 15.8 Å². The molecule has 2 N–H and O–H groups in total. The van der Waals surface area contributed by atoms with E-state index < -0.39 is 33.9 Å². The Morgan fingerprint density at radius 2 is 1.86 bits per heavy atom. The summed E-state index contributed by atoms with van der Waals surface area (Å²) in [5.41, 5.74) is 0.460. The van der Waals surface area contributed by atoms with E-state index in [1.165, 1.54) is 28.7 Å². The van der Waals surface area contributed by atoms with Gasteiger partial charge in [0.25, 0.3) is 0 Å². The Balaban J connectivity index is 1.43. The van der Waals surface area contributed by atoms with Gasteiger partial charge in [0.15, 0.2) is 0 Å². The Hall–Kier alpha value is -3.47. The van der Waals surface area contributed by atoms with E-state index in [9.17, 15) is 26.7 Å². The molecule has 1 saturated heterocycles. The number of pyridine rings is 1. The summed E-state index contributed by atoms with van der Waals surface area (Å²) in [5.74, 6) is 0.386. The fraction of sp³-hybridized carbons (Fsp3) is 0.318. The van der Waals surface area contributed by atoms with Crippen molar-refractivity contribution in [3.8, 4) is 17.3 Å². The second-order valence-electron chi connectivity index (χ2n) is 8.06. The van der Waals surface area contributed by atoms with Gasteiger partial charge in [-0.25, -0.2) is 18.4 Å². The van der Waals surface area contributed by atoms with Gasteiger partial charge in [-0.3, -0.25) is 0 Å². The highest BCUT2D eigenvalue weighted by Gasteiger charge is 2.35. The molecule has 184 valence electrons. The number of imidazole rings is 1. The fourth-order valence-corrected chi connectivity index (χ4v) is 5.33. The smallest absolute Gasteiger partial charge is 0.390 e. The molecule has 35 heavy (non-hydrogen) atoms. The third kappa shape index (κ3) is 5.00. The Morgan fingerprint density at radius 1 is 1.14 bits per heavy atom. The second kappa shape index (κ2) is 9.29. The van der Waals surface area contributed by atoms with Gasteiger partial charge in [0.05, 0.1) is 34.5 Å². The number of halogens is 3. The first-order valence-corrected chi connectivity index (χ1v) is 11.9. The minimum absolute atomic E-state index is 0.0481. The van der Waals surface area contributed by atoms with Crippen molar-refractivity contribution in [3.05, 3.63) is 60.2 Å². The van der Waals surface area contributed by atoms with Gasteiger partial charge < -0.3 is 15.0 Å². The number of aliphatic hydroxyl groups excluding tert-OH is 1. The molecule has 0 spiro atoms. The van der Waals surface area contributed by atoms with Crippen molar-refractivity contribution < 1.29 is 26.7 Å². The third-order valence-electron chi connectivity index (χ3n) is 5.84. The summed E-state index contributed by atoms with van der Waals surface area (Å²) in [6.45, 7) is -0.0810. The Labute approximate surface area is 199 Å². The standard InChI is InChI=1S/C22H21F3N6O3S/c1-30-18(12-28-21(30)10-26)14-2-5-16(6-3-14)35(33,34)31-9-8-17(19(32)13-31)29-20-7-4-15(11-27-20)22(23,24)25/h2-7,11-12,17,19,32H,8-9,13H2,1H3,(H,27,29)/t17-,19+/m1/s1. The van der Waals surface area contributed by atoms with Gasteiger partial charge in [-0.2, -0.15) is 22.7 Å². The molecular formula is C22H21F3N6O3S. The molecule has 4 rings (SSSR count). The molecule has 1 aliphatic rings. The zero-order valence-corrected chi connectivity index (χ0v) is 19.3. The second-order valence-corrected chi connectivity index (χ2v) is 10.00. The molecule has 9 nitrogen and oxygen atoms in total. The minimum atomic E-state index is -4.50. The van der Waals surface area contributed by atoms with Gasteiger partial charge in [0, 0.05) is 26.3 Å². The lowest BCUT2D eigenvalue weighted by Gasteiger charge is -2.35. The lowest BCUT2D eigenvalue weighted by Crippen LogP contribution is -2.51. The lowest BCUT2D eigenvalue weighted by atomic mass is 10.0. The maximum absolute atomic E-state index is 13.1. The van der Waals surface area contributed by atoms with Crippen molar-refractivity contribution in [1.82, 2.24) is 18.8 Å². The van der Waals surface area contributed by atoms with Gasteiger partial charge in [-0.1, -0.05) is 12.1 Å². The zero-order valence-electron chi connectivity index (χ0n) is 18.4. The van der Waals surface area contributed by atoms with Crippen LogP contribution in [0.4, 0.5) is 19.0 Å². The first-order chi connectivity index (χ1) is 16.5. The van der Waals surface area contributed by atoms with Gasteiger partial charge in [-0.05, 0) is 36.2 Å². The van der Waals surface area contributed by atoms with Crippen LogP contribution in [0, 0.1) is 11.3 Å². The zero-order chi connectivity index (χ0) is 25.4. The van der Waals surface area contributed by atoms with E-state index in [0.29, 0.717) is 17.5 Å². The summed E-state index contributed by atoms with van der Waals surface area (Å²) >= 11 is 0. The molecule has 0 aliphatic carbocycles. The predicted molar refractivity (Wildman–Crippen MR) is 119 cm³/mol. The Bertz CT molecular complexity index is 1350. The van der Waals surface area contributed by atoms with Crippen LogP contribution in [0.1, 0.15) is 17.8 Å². The average Bonchev–Trinajstić information content (AvgIpc) is 3.20. The number of sulfonamides is 1. The topological polar surface area (TPSA) is 124 Å². The van der Waals surface area contributed by atoms with Crippen LogP contribution in [0.5, 0.6) is 0 Å². The summed E-state index contributed by atoms with van der Waals surface area (Å²) in [4.78, 5) is 7.79. The van der Waals surface area contributed by atoms with Crippen molar-refractivity contribution in [1.29, 1.82) is 5.26 Å². The van der Waals surface area contributed by atoms with E-state index in [4.69, 9.17) is 5.26 Å². The summed E-state index contributed by atoms with van der Waals surface area (Å²) in [6.07, 6.45) is -3.14. The van der Waals surface area contributed by atoms with E-state index in [2.05, 4.69) is 15.3 Å². The molecule has 0 unspecified atom stereocenters. The van der Waals surface area contributed by atoms with Crippen LogP contribution in [-0.2, 0) is 23.2 Å². The molecule has 0 saturated carbocycles. The molecule has 0 radical (unpaired) electrons. The van der Waals surface area contributed by atoms with E-state index >= 15 is 0 Å². The van der Waals surface area contributed by atoms with Crippen molar-refractivity contribution in [2.45, 2.75) is 29.6 Å². The van der Waals surface area contributed by atoms with Crippen LogP contribution < -0.4 is 5.32 Å². The number of hydrogen-bond donors (Lipinski definition) is 2. The monoisotopic (exact) mass is 506 g/mol. The number of nitriles is 1. The molecular weight excluding hydrogens is 485 g/mol. The van der Waals surface area contributed by atoms with Gasteiger partial charge in [0.1, 0.15) is 11.9 Å². The van der Waals surface area contributed by atoms with Crippen molar-refractivity contribution in [3.63, 3.8) is 0 Å². The first-order valence-electron chi connectivity index (χ1n) is 10.5. The maximum Gasteiger partial charge on any atom is 0.417 e. The molecule has 13 heteroatoms. The molecule has 0 amide bonds. The Morgan fingerprint density at radius 3 is 2.40 bits per heavy atom. The van der Waals surface area contributed by atoms with Crippen molar-refractivity contribution >= 4 is 15.8 Å². The number of hydrogen-bond acceptors (Lipinski definition) is 7. The van der Waals surface area contributed by atoms with Crippen LogP contribution in [0.15, 0.2) is 53.7 Å². The first kappa shape index (κ1) is 24.6. The lowest BCUT2D eigenvalue weighted by molar-refractivity contribution is -0.137. The summed E-state index contributed by atoms with van der Waals surface area (Å²) in [6, 6.07) is 9.58. The number of nitrogens with zero attached hydrogens (tertiary/aromatic N) is 5. The quantitative estimate of drug-likeness (QED) is 0.545.